The lowest BCUT2D eigenvalue weighted by molar-refractivity contribution is 0.577. The molecule has 90 valence electrons. The Morgan fingerprint density at radius 1 is 1.18 bits per heavy atom. The third-order valence-electron chi connectivity index (χ3n) is 2.39. The van der Waals surface area contributed by atoms with Crippen LogP contribution in [0.2, 0.25) is 0 Å². The van der Waals surface area contributed by atoms with Crippen molar-refractivity contribution in [2.75, 3.05) is 6.54 Å². The molecule has 0 aliphatic carbocycles. The van der Waals surface area contributed by atoms with Crippen LogP contribution in [0.3, 0.4) is 0 Å². The maximum absolute atomic E-state index is 12.9. The maximum Gasteiger partial charge on any atom is 0.126 e. The van der Waals surface area contributed by atoms with E-state index in [-0.39, 0.29) is 0 Å². The van der Waals surface area contributed by atoms with Gasteiger partial charge in [-0.25, -0.2) is 8.78 Å². The van der Waals surface area contributed by atoms with Crippen molar-refractivity contribution in [1.29, 1.82) is 0 Å². The predicted octanol–water partition coefficient (Wildman–Crippen LogP) is 2.02. The zero-order valence-corrected chi connectivity index (χ0v) is 9.21. The van der Waals surface area contributed by atoms with Gasteiger partial charge < -0.3 is 5.32 Å². The summed E-state index contributed by atoms with van der Waals surface area (Å²) in [7, 11) is 0. The number of aromatic amines is 1. The molecule has 0 aliphatic heterocycles. The van der Waals surface area contributed by atoms with Crippen LogP contribution < -0.4 is 5.32 Å². The number of aromatic nitrogens is 2. The molecule has 3 nitrogen and oxygen atoms in total. The van der Waals surface area contributed by atoms with Crippen molar-refractivity contribution < 1.29 is 8.78 Å². The smallest absolute Gasteiger partial charge is 0.126 e. The number of benzene rings is 1. The van der Waals surface area contributed by atoms with E-state index in [9.17, 15) is 8.78 Å². The molecule has 1 aromatic heterocycles. The van der Waals surface area contributed by atoms with E-state index in [2.05, 4.69) is 15.5 Å². The minimum absolute atomic E-state index is 0.534. The lowest BCUT2D eigenvalue weighted by Gasteiger charge is -2.04. The van der Waals surface area contributed by atoms with Gasteiger partial charge in [0.05, 0.1) is 0 Å². The summed E-state index contributed by atoms with van der Waals surface area (Å²) in [6.45, 7) is 1.32. The van der Waals surface area contributed by atoms with Gasteiger partial charge in [-0.15, -0.1) is 0 Å². The van der Waals surface area contributed by atoms with E-state index < -0.39 is 11.6 Å². The Labute approximate surface area is 97.9 Å². The topological polar surface area (TPSA) is 40.7 Å². The monoisotopic (exact) mass is 237 g/mol. The van der Waals surface area contributed by atoms with Crippen LogP contribution in [-0.4, -0.2) is 16.7 Å². The Kier molecular flexibility index (Phi) is 3.82. The molecule has 0 atom stereocenters. The molecule has 0 radical (unpaired) electrons. The first-order valence-electron chi connectivity index (χ1n) is 5.38. The Morgan fingerprint density at radius 2 is 1.94 bits per heavy atom. The van der Waals surface area contributed by atoms with Gasteiger partial charge in [-0.1, -0.05) is 0 Å². The van der Waals surface area contributed by atoms with Crippen molar-refractivity contribution in [3.63, 3.8) is 0 Å². The number of H-pyrrole nitrogens is 1. The van der Waals surface area contributed by atoms with Crippen LogP contribution in [0.5, 0.6) is 0 Å². The molecule has 0 bridgehead atoms. The van der Waals surface area contributed by atoms with Crippen LogP contribution in [0.15, 0.2) is 30.5 Å². The van der Waals surface area contributed by atoms with E-state index in [0.717, 1.165) is 11.8 Å². The Hall–Kier alpha value is -1.75. The molecule has 0 saturated heterocycles. The van der Waals surface area contributed by atoms with Crippen LogP contribution >= 0.6 is 0 Å². The van der Waals surface area contributed by atoms with Crippen LogP contribution in [0.1, 0.15) is 11.3 Å². The minimum atomic E-state index is -0.534. The fourth-order valence-electron chi connectivity index (χ4n) is 1.59. The van der Waals surface area contributed by atoms with Gasteiger partial charge >= 0.3 is 0 Å². The number of halogens is 2. The first-order valence-corrected chi connectivity index (χ1v) is 5.38. The molecule has 2 rings (SSSR count). The molecule has 0 fully saturated rings. The van der Waals surface area contributed by atoms with Gasteiger partial charge in [0.2, 0.25) is 0 Å². The first kappa shape index (κ1) is 11.7. The number of hydrogen-bond acceptors (Lipinski definition) is 2. The van der Waals surface area contributed by atoms with Gasteiger partial charge in [0.25, 0.3) is 0 Å². The van der Waals surface area contributed by atoms with Gasteiger partial charge in [0, 0.05) is 24.5 Å². The molecule has 1 heterocycles. The normalized spacial score (nSPS) is 10.7. The molecule has 2 N–H and O–H groups in total. The summed E-state index contributed by atoms with van der Waals surface area (Å²) >= 11 is 0. The molecule has 1 aromatic carbocycles. The van der Waals surface area contributed by atoms with Gasteiger partial charge in [0.15, 0.2) is 0 Å². The zero-order valence-electron chi connectivity index (χ0n) is 9.21. The molecule has 5 heteroatoms. The van der Waals surface area contributed by atoms with Crippen LogP contribution in [0.4, 0.5) is 8.78 Å². The van der Waals surface area contributed by atoms with E-state index in [4.69, 9.17) is 0 Å². The zero-order chi connectivity index (χ0) is 12.1. The standard InChI is InChI=1S/C12H13F2N3/c13-10-5-9(6-11(14)7-10)1-3-15-8-12-2-4-16-17-12/h2,4-7,15H,1,3,8H2,(H,16,17). The number of nitrogens with one attached hydrogen (secondary N) is 2. The summed E-state index contributed by atoms with van der Waals surface area (Å²) in [6.07, 6.45) is 2.27. The first-order chi connectivity index (χ1) is 8.24. The summed E-state index contributed by atoms with van der Waals surface area (Å²) in [5, 5.41) is 9.80. The molecular weight excluding hydrogens is 224 g/mol. The SMILES string of the molecule is Fc1cc(F)cc(CCNCc2ccn[nH]2)c1. The van der Waals surface area contributed by atoms with Crippen LogP contribution in [0, 0.1) is 11.6 Å². The molecular formula is C12H13F2N3. The fraction of sp³-hybridized carbons (Fsp3) is 0.250. The van der Waals surface area contributed by atoms with Gasteiger partial charge in [0.1, 0.15) is 11.6 Å². The second-order valence-electron chi connectivity index (χ2n) is 3.79. The molecule has 2 aromatic rings. The highest BCUT2D eigenvalue weighted by molar-refractivity contribution is 5.18. The molecule has 0 unspecified atom stereocenters. The van der Waals surface area contributed by atoms with Gasteiger partial charge in [-0.3, -0.25) is 5.10 Å². The van der Waals surface area contributed by atoms with Crippen LogP contribution in [0.25, 0.3) is 0 Å². The fourth-order valence-corrected chi connectivity index (χ4v) is 1.59. The Bertz CT molecular complexity index is 448. The lowest BCUT2D eigenvalue weighted by atomic mass is 10.1. The van der Waals surface area contributed by atoms with Crippen LogP contribution in [-0.2, 0) is 13.0 Å². The van der Waals surface area contributed by atoms with Crippen molar-refractivity contribution in [3.8, 4) is 0 Å². The lowest BCUT2D eigenvalue weighted by Crippen LogP contribution is -2.17. The molecule has 0 saturated carbocycles. The average molecular weight is 237 g/mol. The van der Waals surface area contributed by atoms with Crippen molar-refractivity contribution in [1.82, 2.24) is 15.5 Å². The van der Waals surface area contributed by atoms with Crippen molar-refractivity contribution >= 4 is 0 Å². The molecule has 0 spiro atoms. The van der Waals surface area contributed by atoms with E-state index in [1.54, 1.807) is 6.20 Å². The summed E-state index contributed by atoms with van der Waals surface area (Å²) in [5.74, 6) is -1.07. The maximum atomic E-state index is 12.9. The summed E-state index contributed by atoms with van der Waals surface area (Å²) in [6, 6.07) is 5.44. The second-order valence-corrected chi connectivity index (χ2v) is 3.79. The number of nitrogens with zero attached hydrogens (tertiary/aromatic N) is 1. The number of rotatable bonds is 5. The molecule has 0 amide bonds. The summed E-state index contributed by atoms with van der Waals surface area (Å²) in [5.41, 5.74) is 1.63. The van der Waals surface area contributed by atoms with E-state index in [0.29, 0.717) is 25.1 Å². The highest BCUT2D eigenvalue weighted by Crippen LogP contribution is 2.08. The predicted molar refractivity (Wildman–Crippen MR) is 60.4 cm³/mol. The second kappa shape index (κ2) is 5.54. The largest absolute Gasteiger partial charge is 0.311 e. The molecule has 0 aliphatic rings. The van der Waals surface area contributed by atoms with E-state index in [1.165, 1.54) is 12.1 Å². The van der Waals surface area contributed by atoms with Crippen molar-refractivity contribution in [2.45, 2.75) is 13.0 Å². The van der Waals surface area contributed by atoms with Crippen molar-refractivity contribution in [2.24, 2.45) is 0 Å². The Balaban J connectivity index is 1.78. The van der Waals surface area contributed by atoms with Crippen molar-refractivity contribution in [3.05, 3.63) is 53.4 Å². The van der Waals surface area contributed by atoms with Gasteiger partial charge in [-0.2, -0.15) is 5.10 Å². The molecule has 17 heavy (non-hydrogen) atoms. The third kappa shape index (κ3) is 3.64. The van der Waals surface area contributed by atoms with E-state index >= 15 is 0 Å². The van der Waals surface area contributed by atoms with E-state index in [1.807, 2.05) is 6.07 Å². The minimum Gasteiger partial charge on any atom is -0.311 e. The quantitative estimate of drug-likeness (QED) is 0.781. The number of hydrogen-bond donors (Lipinski definition) is 2. The highest BCUT2D eigenvalue weighted by atomic mass is 19.1. The highest BCUT2D eigenvalue weighted by Gasteiger charge is 2.00. The Morgan fingerprint density at radius 3 is 2.59 bits per heavy atom. The third-order valence-corrected chi connectivity index (χ3v) is 2.39. The average Bonchev–Trinajstić information content (AvgIpc) is 2.76. The summed E-state index contributed by atoms with van der Waals surface area (Å²) < 4.78 is 25.8. The summed E-state index contributed by atoms with van der Waals surface area (Å²) in [4.78, 5) is 0. The van der Waals surface area contributed by atoms with Gasteiger partial charge in [-0.05, 0) is 36.7 Å².